The van der Waals surface area contributed by atoms with Crippen LogP contribution in [0.3, 0.4) is 0 Å². The molecule has 0 radical (unpaired) electrons. The molecule has 0 saturated heterocycles. The first-order valence-electron chi connectivity index (χ1n) is 5.47. The zero-order chi connectivity index (χ0) is 11.8. The van der Waals surface area contributed by atoms with Crippen LogP contribution in [0.4, 0.5) is 0 Å². The summed E-state index contributed by atoms with van der Waals surface area (Å²) in [6, 6.07) is 6.83. The molecule has 0 unspecified atom stereocenters. The average Bonchev–Trinajstić information content (AvgIpc) is 2.29. The molecule has 16 heavy (non-hydrogen) atoms. The molecule has 88 valence electrons. The summed E-state index contributed by atoms with van der Waals surface area (Å²) in [5.74, 6) is 0.333. The lowest BCUT2D eigenvalue weighted by Crippen LogP contribution is -2.21. The van der Waals surface area contributed by atoms with Crippen LogP contribution in [0.5, 0.6) is 5.75 Å². The summed E-state index contributed by atoms with van der Waals surface area (Å²) in [6.45, 7) is 4.57. The smallest absolute Gasteiger partial charge is 0.248 e. The molecule has 0 fully saturated rings. The fraction of sp³-hybridized carbons (Fsp3) is 0.417. The highest BCUT2D eigenvalue weighted by atomic mass is 16.5. The molecule has 1 rings (SSSR count). The zero-order valence-corrected chi connectivity index (χ0v) is 9.53. The zero-order valence-electron chi connectivity index (χ0n) is 9.53. The van der Waals surface area contributed by atoms with Gasteiger partial charge in [0.25, 0.3) is 0 Å². The number of hydrogen-bond acceptors (Lipinski definition) is 3. The van der Waals surface area contributed by atoms with Gasteiger partial charge < -0.3 is 15.8 Å². The molecular weight excluding hydrogens is 204 g/mol. The Labute approximate surface area is 95.8 Å². The van der Waals surface area contributed by atoms with Gasteiger partial charge in [0, 0.05) is 12.1 Å². The number of ether oxygens (including phenoxy) is 1. The molecule has 0 aliphatic heterocycles. The van der Waals surface area contributed by atoms with Gasteiger partial charge in [0.2, 0.25) is 5.91 Å². The molecule has 4 heteroatoms. The van der Waals surface area contributed by atoms with Crippen LogP contribution < -0.4 is 15.8 Å². The minimum atomic E-state index is -0.420. The minimum Gasteiger partial charge on any atom is -0.492 e. The fourth-order valence-electron chi connectivity index (χ4n) is 1.26. The summed E-state index contributed by atoms with van der Waals surface area (Å²) in [4.78, 5) is 10.8. The number of nitrogens with two attached hydrogens (primary N) is 1. The predicted octanol–water partition coefficient (Wildman–Crippen LogP) is 1.16. The molecule has 1 aromatic carbocycles. The highest BCUT2D eigenvalue weighted by Gasteiger charge is 1.99. The number of hydrogen-bond donors (Lipinski definition) is 2. The van der Waals surface area contributed by atoms with Crippen LogP contribution in [-0.4, -0.2) is 25.6 Å². The summed E-state index contributed by atoms with van der Waals surface area (Å²) in [5.41, 5.74) is 5.63. The van der Waals surface area contributed by atoms with E-state index in [2.05, 4.69) is 12.2 Å². The van der Waals surface area contributed by atoms with Gasteiger partial charge in [-0.15, -0.1) is 0 Å². The molecule has 0 aliphatic carbocycles. The lowest BCUT2D eigenvalue weighted by Gasteiger charge is -2.07. The number of nitrogens with one attached hydrogen (secondary N) is 1. The highest BCUT2D eigenvalue weighted by Crippen LogP contribution is 2.11. The monoisotopic (exact) mass is 222 g/mol. The van der Waals surface area contributed by atoms with Gasteiger partial charge in [-0.3, -0.25) is 4.79 Å². The maximum atomic E-state index is 10.8. The second-order valence-electron chi connectivity index (χ2n) is 3.49. The molecule has 0 spiro atoms. The van der Waals surface area contributed by atoms with Gasteiger partial charge >= 0.3 is 0 Å². The summed E-state index contributed by atoms with van der Waals surface area (Å²) in [5, 5.41) is 3.24. The summed E-state index contributed by atoms with van der Waals surface area (Å²) >= 11 is 0. The quantitative estimate of drug-likeness (QED) is 0.680. The van der Waals surface area contributed by atoms with Crippen LogP contribution in [0.15, 0.2) is 24.3 Å². The molecule has 0 bridgehead atoms. The van der Waals surface area contributed by atoms with E-state index in [1.54, 1.807) is 24.3 Å². The van der Waals surface area contributed by atoms with Crippen molar-refractivity contribution in [2.45, 2.75) is 13.3 Å². The van der Waals surface area contributed by atoms with Gasteiger partial charge in [-0.25, -0.2) is 0 Å². The Morgan fingerprint density at radius 2 is 2.00 bits per heavy atom. The Bertz CT molecular complexity index is 322. The average molecular weight is 222 g/mol. The first-order valence-corrected chi connectivity index (χ1v) is 5.47. The van der Waals surface area contributed by atoms with Crippen molar-refractivity contribution in [2.24, 2.45) is 5.73 Å². The number of benzene rings is 1. The third-order valence-electron chi connectivity index (χ3n) is 2.11. The number of rotatable bonds is 7. The molecule has 3 N–H and O–H groups in total. The third-order valence-corrected chi connectivity index (χ3v) is 2.11. The van der Waals surface area contributed by atoms with Crippen molar-refractivity contribution in [3.63, 3.8) is 0 Å². The van der Waals surface area contributed by atoms with Crippen molar-refractivity contribution in [1.82, 2.24) is 5.32 Å². The Kier molecular flexibility index (Phi) is 5.36. The second-order valence-corrected chi connectivity index (χ2v) is 3.49. The van der Waals surface area contributed by atoms with Crippen LogP contribution in [0.2, 0.25) is 0 Å². The van der Waals surface area contributed by atoms with Crippen LogP contribution in [0, 0.1) is 0 Å². The molecule has 4 nitrogen and oxygen atoms in total. The maximum absolute atomic E-state index is 10.8. The van der Waals surface area contributed by atoms with E-state index in [0.29, 0.717) is 12.2 Å². The van der Waals surface area contributed by atoms with E-state index >= 15 is 0 Å². The molecule has 1 aromatic rings. The molecule has 0 saturated carbocycles. The predicted molar refractivity (Wildman–Crippen MR) is 63.6 cm³/mol. The van der Waals surface area contributed by atoms with E-state index < -0.39 is 5.91 Å². The van der Waals surface area contributed by atoms with Gasteiger partial charge in [-0.05, 0) is 37.2 Å². The van der Waals surface area contributed by atoms with Gasteiger partial charge in [0.1, 0.15) is 12.4 Å². The standard InChI is InChI=1S/C12H18N2O2/c1-2-7-14-8-9-16-11-5-3-10(4-6-11)12(13)15/h3-6,14H,2,7-9H2,1H3,(H2,13,15). The van der Waals surface area contributed by atoms with E-state index in [9.17, 15) is 4.79 Å². The minimum absolute atomic E-state index is 0.420. The number of amides is 1. The van der Waals surface area contributed by atoms with Crippen molar-refractivity contribution >= 4 is 5.91 Å². The first-order chi connectivity index (χ1) is 7.74. The summed E-state index contributed by atoms with van der Waals surface area (Å²) < 4.78 is 5.47. The van der Waals surface area contributed by atoms with Crippen LogP contribution >= 0.6 is 0 Å². The van der Waals surface area contributed by atoms with Crippen molar-refractivity contribution in [2.75, 3.05) is 19.7 Å². The fourth-order valence-corrected chi connectivity index (χ4v) is 1.26. The number of primary amides is 1. The molecule has 0 atom stereocenters. The maximum Gasteiger partial charge on any atom is 0.248 e. The lowest BCUT2D eigenvalue weighted by atomic mass is 10.2. The van der Waals surface area contributed by atoms with Crippen molar-refractivity contribution in [3.05, 3.63) is 29.8 Å². The van der Waals surface area contributed by atoms with E-state index in [-0.39, 0.29) is 0 Å². The molecule has 0 aromatic heterocycles. The van der Waals surface area contributed by atoms with E-state index in [1.807, 2.05) is 0 Å². The van der Waals surface area contributed by atoms with Crippen molar-refractivity contribution in [1.29, 1.82) is 0 Å². The number of carbonyl (C=O) groups excluding carboxylic acids is 1. The largest absolute Gasteiger partial charge is 0.492 e. The van der Waals surface area contributed by atoms with E-state index in [4.69, 9.17) is 10.5 Å². The lowest BCUT2D eigenvalue weighted by molar-refractivity contribution is 0.100. The molecular formula is C12H18N2O2. The van der Waals surface area contributed by atoms with Gasteiger partial charge in [0.15, 0.2) is 0 Å². The summed E-state index contributed by atoms with van der Waals surface area (Å²) in [6.07, 6.45) is 1.12. The van der Waals surface area contributed by atoms with Gasteiger partial charge in [-0.2, -0.15) is 0 Å². The Morgan fingerprint density at radius 3 is 2.56 bits per heavy atom. The Morgan fingerprint density at radius 1 is 1.31 bits per heavy atom. The topological polar surface area (TPSA) is 64.3 Å². The van der Waals surface area contributed by atoms with Crippen LogP contribution in [0.1, 0.15) is 23.7 Å². The van der Waals surface area contributed by atoms with Crippen LogP contribution in [0.25, 0.3) is 0 Å². The van der Waals surface area contributed by atoms with E-state index in [0.717, 1.165) is 25.3 Å². The SMILES string of the molecule is CCCNCCOc1ccc(C(N)=O)cc1. The van der Waals surface area contributed by atoms with Crippen molar-refractivity contribution in [3.8, 4) is 5.75 Å². The second kappa shape index (κ2) is 6.85. The van der Waals surface area contributed by atoms with Crippen LogP contribution in [-0.2, 0) is 0 Å². The van der Waals surface area contributed by atoms with E-state index in [1.165, 1.54) is 0 Å². The van der Waals surface area contributed by atoms with Crippen molar-refractivity contribution < 1.29 is 9.53 Å². The molecule has 0 heterocycles. The number of carbonyl (C=O) groups is 1. The Balaban J connectivity index is 2.29. The van der Waals surface area contributed by atoms with Gasteiger partial charge in [-0.1, -0.05) is 6.92 Å². The Hall–Kier alpha value is -1.55. The molecule has 0 aliphatic rings. The first kappa shape index (κ1) is 12.5. The van der Waals surface area contributed by atoms with Gasteiger partial charge in [0.05, 0.1) is 0 Å². The highest BCUT2D eigenvalue weighted by molar-refractivity contribution is 5.92. The summed E-state index contributed by atoms with van der Waals surface area (Å²) in [7, 11) is 0. The molecule has 1 amide bonds. The normalized spacial score (nSPS) is 10.1. The third kappa shape index (κ3) is 4.31.